The van der Waals surface area contributed by atoms with E-state index in [9.17, 15) is 14.4 Å². The molecule has 0 amide bonds. The number of rotatable bonds is 39. The van der Waals surface area contributed by atoms with Crippen molar-refractivity contribution in [2.75, 3.05) is 13.2 Å². The van der Waals surface area contributed by atoms with Crippen LogP contribution < -0.4 is 0 Å². The molecule has 0 bridgehead atoms. The molecular weight excluding hydrogens is 661 g/mol. The number of esters is 3. The highest BCUT2D eigenvalue weighted by Gasteiger charge is 2.19. The molecule has 6 nitrogen and oxygen atoms in total. The predicted octanol–water partition coefficient (Wildman–Crippen LogP) is 14.0. The Hall–Kier alpha value is -2.63. The number of hydrogen-bond acceptors (Lipinski definition) is 6. The van der Waals surface area contributed by atoms with E-state index >= 15 is 0 Å². The van der Waals surface area contributed by atoms with Gasteiger partial charge in [0, 0.05) is 19.3 Å². The van der Waals surface area contributed by atoms with Crippen LogP contribution in [0, 0.1) is 0 Å². The molecule has 306 valence electrons. The van der Waals surface area contributed by atoms with E-state index in [1.165, 1.54) is 64.2 Å². The van der Waals surface area contributed by atoms with Crippen LogP contribution in [0.15, 0.2) is 48.6 Å². The molecule has 0 aliphatic heterocycles. The molecule has 0 spiro atoms. The van der Waals surface area contributed by atoms with E-state index < -0.39 is 6.10 Å². The van der Waals surface area contributed by atoms with Crippen molar-refractivity contribution >= 4 is 17.9 Å². The van der Waals surface area contributed by atoms with Crippen LogP contribution in [0.4, 0.5) is 0 Å². The van der Waals surface area contributed by atoms with Gasteiger partial charge >= 0.3 is 17.9 Å². The molecule has 0 aromatic carbocycles. The van der Waals surface area contributed by atoms with Crippen molar-refractivity contribution in [1.82, 2.24) is 0 Å². The van der Waals surface area contributed by atoms with E-state index in [1.807, 2.05) is 0 Å². The third-order valence-electron chi connectivity index (χ3n) is 9.29. The molecule has 0 saturated carbocycles. The summed E-state index contributed by atoms with van der Waals surface area (Å²) < 4.78 is 16.7. The van der Waals surface area contributed by atoms with Crippen molar-refractivity contribution in [1.29, 1.82) is 0 Å². The number of carbonyl (C=O) groups excluding carboxylic acids is 3. The molecule has 0 radical (unpaired) electrons. The molecule has 6 heteroatoms. The zero-order chi connectivity index (χ0) is 38.7. The van der Waals surface area contributed by atoms with Crippen molar-refractivity contribution in [3.05, 3.63) is 48.6 Å². The van der Waals surface area contributed by atoms with Gasteiger partial charge in [0.1, 0.15) is 13.2 Å². The molecule has 0 heterocycles. The normalized spacial score (nSPS) is 12.4. The Morgan fingerprint density at radius 2 is 0.755 bits per heavy atom. The van der Waals surface area contributed by atoms with Crippen molar-refractivity contribution in [3.63, 3.8) is 0 Å². The van der Waals surface area contributed by atoms with Crippen molar-refractivity contribution < 1.29 is 28.6 Å². The fourth-order valence-corrected chi connectivity index (χ4v) is 5.92. The minimum atomic E-state index is -0.782. The first-order valence-corrected chi connectivity index (χ1v) is 22.1. The van der Waals surface area contributed by atoms with E-state index in [0.29, 0.717) is 19.3 Å². The average molecular weight is 743 g/mol. The average Bonchev–Trinajstić information content (AvgIpc) is 3.15. The summed E-state index contributed by atoms with van der Waals surface area (Å²) in [6.07, 6.45) is 48.0. The van der Waals surface area contributed by atoms with E-state index in [4.69, 9.17) is 14.2 Å². The lowest BCUT2D eigenvalue weighted by atomic mass is 10.1. The minimum Gasteiger partial charge on any atom is -0.462 e. The number of carbonyl (C=O) groups is 3. The number of unbranched alkanes of at least 4 members (excludes halogenated alkanes) is 20. The Labute approximate surface area is 327 Å². The molecular formula is C47H82O6. The molecule has 0 aromatic heterocycles. The van der Waals surface area contributed by atoms with Crippen LogP contribution in [0.1, 0.15) is 213 Å². The Kier molecular flexibility index (Phi) is 40.0. The summed E-state index contributed by atoms with van der Waals surface area (Å²) >= 11 is 0. The van der Waals surface area contributed by atoms with Crippen LogP contribution in [0.25, 0.3) is 0 Å². The van der Waals surface area contributed by atoms with Gasteiger partial charge < -0.3 is 14.2 Å². The van der Waals surface area contributed by atoms with Gasteiger partial charge in [-0.3, -0.25) is 14.4 Å². The Morgan fingerprint density at radius 1 is 0.396 bits per heavy atom. The van der Waals surface area contributed by atoms with Gasteiger partial charge in [0.05, 0.1) is 0 Å². The van der Waals surface area contributed by atoms with Gasteiger partial charge in [-0.05, 0) is 89.9 Å². The van der Waals surface area contributed by atoms with E-state index in [0.717, 1.165) is 109 Å². The summed E-state index contributed by atoms with van der Waals surface area (Å²) in [6.45, 7) is 6.42. The van der Waals surface area contributed by atoms with E-state index in [1.54, 1.807) is 0 Å². The second-order valence-electron chi connectivity index (χ2n) is 14.6. The second-order valence-corrected chi connectivity index (χ2v) is 14.6. The minimum absolute atomic E-state index is 0.0858. The van der Waals surface area contributed by atoms with Crippen molar-refractivity contribution in [2.45, 2.75) is 219 Å². The molecule has 0 saturated heterocycles. The largest absolute Gasteiger partial charge is 0.462 e. The fourth-order valence-electron chi connectivity index (χ4n) is 5.92. The Balaban J connectivity index is 4.42. The third kappa shape index (κ3) is 40.4. The van der Waals surface area contributed by atoms with Crippen molar-refractivity contribution in [3.8, 4) is 0 Å². The number of ether oxygens (including phenoxy) is 3. The highest BCUT2D eigenvalue weighted by atomic mass is 16.6. The quantitative estimate of drug-likeness (QED) is 0.0270. The SMILES string of the molecule is CC/C=C\C/C=C\CCCCCCCC(=O)OCC(COC(=O)CCCCCCC/C=C\CCCC)OC(=O)CCCCCCC/C=C\CCCCC. The first-order valence-electron chi connectivity index (χ1n) is 22.1. The second kappa shape index (κ2) is 42.1. The summed E-state index contributed by atoms with van der Waals surface area (Å²) in [5.74, 6) is -0.923. The fraction of sp³-hybridized carbons (Fsp3) is 0.766. The van der Waals surface area contributed by atoms with Gasteiger partial charge in [-0.25, -0.2) is 0 Å². The monoisotopic (exact) mass is 743 g/mol. The third-order valence-corrected chi connectivity index (χ3v) is 9.29. The highest BCUT2D eigenvalue weighted by molar-refractivity contribution is 5.71. The van der Waals surface area contributed by atoms with Gasteiger partial charge in [-0.15, -0.1) is 0 Å². The van der Waals surface area contributed by atoms with Crippen molar-refractivity contribution in [2.24, 2.45) is 0 Å². The lowest BCUT2D eigenvalue weighted by molar-refractivity contribution is -0.167. The van der Waals surface area contributed by atoms with Gasteiger partial charge in [0.2, 0.25) is 0 Å². The molecule has 0 N–H and O–H groups in total. The Bertz CT molecular complexity index is 949. The van der Waals surface area contributed by atoms with Gasteiger partial charge in [0.15, 0.2) is 6.10 Å². The van der Waals surface area contributed by atoms with Crippen LogP contribution in [0.5, 0.6) is 0 Å². The predicted molar refractivity (Wildman–Crippen MR) is 224 cm³/mol. The first kappa shape index (κ1) is 50.4. The molecule has 0 aliphatic rings. The van der Waals surface area contributed by atoms with Gasteiger partial charge in [-0.2, -0.15) is 0 Å². The molecule has 0 aromatic rings. The summed E-state index contributed by atoms with van der Waals surface area (Å²) in [6, 6.07) is 0. The maximum Gasteiger partial charge on any atom is 0.306 e. The lowest BCUT2D eigenvalue weighted by Crippen LogP contribution is -2.30. The zero-order valence-corrected chi connectivity index (χ0v) is 34.8. The van der Waals surface area contributed by atoms with Gasteiger partial charge in [-0.1, -0.05) is 153 Å². The standard InChI is InChI=1S/C47H82O6/c1-4-7-10-13-16-19-22-25-28-31-34-37-40-46(49)52-43-44(42-51-45(48)39-36-33-30-27-24-21-18-15-12-9-6-3)53-47(50)41-38-35-32-29-26-23-20-17-14-11-8-5-2/h7,10,15-20,44H,4-6,8-9,11-14,21-43H2,1-3H3/b10-7-,18-15-,19-16-,20-17-. The number of hydrogen-bond donors (Lipinski definition) is 0. The molecule has 0 fully saturated rings. The molecule has 53 heavy (non-hydrogen) atoms. The Morgan fingerprint density at radius 3 is 1.21 bits per heavy atom. The lowest BCUT2D eigenvalue weighted by Gasteiger charge is -2.18. The van der Waals surface area contributed by atoms with Crippen LogP contribution in [-0.2, 0) is 28.6 Å². The zero-order valence-electron chi connectivity index (χ0n) is 34.8. The van der Waals surface area contributed by atoms with Crippen LogP contribution in [0.3, 0.4) is 0 Å². The molecule has 1 unspecified atom stereocenters. The van der Waals surface area contributed by atoms with Crippen LogP contribution >= 0.6 is 0 Å². The molecule has 1 atom stereocenters. The van der Waals surface area contributed by atoms with Gasteiger partial charge in [0.25, 0.3) is 0 Å². The molecule has 0 aliphatic carbocycles. The van der Waals surface area contributed by atoms with E-state index in [2.05, 4.69) is 69.4 Å². The summed E-state index contributed by atoms with van der Waals surface area (Å²) in [5, 5.41) is 0. The highest BCUT2D eigenvalue weighted by Crippen LogP contribution is 2.13. The topological polar surface area (TPSA) is 78.9 Å². The summed E-state index contributed by atoms with van der Waals surface area (Å²) in [7, 11) is 0. The maximum atomic E-state index is 12.7. The summed E-state index contributed by atoms with van der Waals surface area (Å²) in [5.41, 5.74) is 0. The van der Waals surface area contributed by atoms with E-state index in [-0.39, 0.29) is 31.1 Å². The van der Waals surface area contributed by atoms with Crippen LogP contribution in [-0.4, -0.2) is 37.2 Å². The molecule has 0 rings (SSSR count). The smallest absolute Gasteiger partial charge is 0.306 e. The number of allylic oxidation sites excluding steroid dienone is 8. The van der Waals surface area contributed by atoms with Crippen LogP contribution in [0.2, 0.25) is 0 Å². The first-order chi connectivity index (χ1) is 26.0. The summed E-state index contributed by atoms with van der Waals surface area (Å²) in [4.78, 5) is 37.6. The maximum absolute atomic E-state index is 12.7.